The first-order chi connectivity index (χ1) is 9.31. The van der Waals surface area contributed by atoms with Crippen molar-refractivity contribution >= 4 is 33.2 Å². The molecule has 1 atom stereocenters. The fourth-order valence-electron chi connectivity index (χ4n) is 1.35. The predicted molar refractivity (Wildman–Crippen MR) is 79.1 cm³/mol. The Labute approximate surface area is 121 Å². The van der Waals surface area contributed by atoms with Gasteiger partial charge in [-0.15, -0.1) is 0 Å². The average Bonchev–Trinajstić information content (AvgIpc) is 2.43. The first-order valence-electron chi connectivity index (χ1n) is 5.59. The summed E-state index contributed by atoms with van der Waals surface area (Å²) in [7, 11) is -3.72. The molecule has 1 unspecified atom stereocenters. The lowest BCUT2D eigenvalue weighted by Gasteiger charge is -2.11. The standard InChI is InChI=1S/C10H16N4O4S2/c1-7(19-2)6-12-20(17,18)8-3-4-10(14(15)16)9(5-8)13-11/h3-5,7,12-13H,6,11H2,1-2H3. The number of nitrogens with zero attached hydrogens (tertiary/aromatic N) is 1. The third-order valence-corrected chi connectivity index (χ3v) is 4.99. The minimum Gasteiger partial charge on any atom is -0.318 e. The molecule has 10 heteroatoms. The number of sulfonamides is 1. The number of hydrazine groups is 1. The second kappa shape index (κ2) is 6.88. The second-order valence-corrected chi connectivity index (χ2v) is 7.02. The Bertz CT molecular complexity index is 591. The van der Waals surface area contributed by atoms with Crippen LogP contribution in [0.25, 0.3) is 0 Å². The Morgan fingerprint density at radius 2 is 2.15 bits per heavy atom. The molecule has 0 saturated carbocycles. The number of hydrogen-bond donors (Lipinski definition) is 3. The summed E-state index contributed by atoms with van der Waals surface area (Å²) in [4.78, 5) is 10.0. The zero-order valence-electron chi connectivity index (χ0n) is 11.0. The molecule has 1 rings (SSSR count). The van der Waals surface area contributed by atoms with Crippen molar-refractivity contribution in [2.24, 2.45) is 5.84 Å². The SMILES string of the molecule is CSC(C)CNS(=O)(=O)c1ccc([N+](=O)[O-])c(NN)c1. The van der Waals surface area contributed by atoms with Crippen molar-refractivity contribution in [3.05, 3.63) is 28.3 Å². The van der Waals surface area contributed by atoms with Crippen molar-refractivity contribution in [1.82, 2.24) is 4.72 Å². The maximum Gasteiger partial charge on any atom is 0.293 e. The number of nitro benzene ring substituents is 1. The minimum atomic E-state index is -3.72. The predicted octanol–water partition coefficient (Wildman–Crippen LogP) is 0.910. The Morgan fingerprint density at radius 1 is 1.50 bits per heavy atom. The van der Waals surface area contributed by atoms with Gasteiger partial charge >= 0.3 is 0 Å². The highest BCUT2D eigenvalue weighted by atomic mass is 32.2. The summed E-state index contributed by atoms with van der Waals surface area (Å²) in [5, 5.41) is 10.9. The molecule has 0 heterocycles. The van der Waals surface area contributed by atoms with E-state index in [0.717, 1.165) is 12.1 Å². The number of nitrogen functional groups attached to an aromatic ring is 1. The third kappa shape index (κ3) is 4.07. The number of anilines is 1. The number of nitro groups is 1. The molecule has 0 fully saturated rings. The lowest BCUT2D eigenvalue weighted by Crippen LogP contribution is -2.29. The van der Waals surface area contributed by atoms with Crippen LogP contribution in [0.2, 0.25) is 0 Å². The van der Waals surface area contributed by atoms with Crippen LogP contribution < -0.4 is 16.0 Å². The highest BCUT2D eigenvalue weighted by Crippen LogP contribution is 2.26. The zero-order chi connectivity index (χ0) is 15.3. The van der Waals surface area contributed by atoms with Gasteiger partial charge < -0.3 is 5.43 Å². The van der Waals surface area contributed by atoms with Gasteiger partial charge in [-0.05, 0) is 18.4 Å². The van der Waals surface area contributed by atoms with Gasteiger partial charge in [0.15, 0.2) is 0 Å². The van der Waals surface area contributed by atoms with Crippen LogP contribution in [0, 0.1) is 10.1 Å². The normalized spacial score (nSPS) is 12.9. The Hall–Kier alpha value is -1.36. The highest BCUT2D eigenvalue weighted by molar-refractivity contribution is 7.99. The fourth-order valence-corrected chi connectivity index (χ4v) is 2.86. The van der Waals surface area contributed by atoms with Crippen molar-refractivity contribution in [3.8, 4) is 0 Å². The second-order valence-electron chi connectivity index (χ2n) is 3.98. The number of benzene rings is 1. The van der Waals surface area contributed by atoms with E-state index in [2.05, 4.69) is 10.1 Å². The molecule has 0 aromatic heterocycles. The monoisotopic (exact) mass is 320 g/mol. The lowest BCUT2D eigenvalue weighted by molar-refractivity contribution is -0.384. The van der Waals surface area contributed by atoms with Crippen LogP contribution in [0.15, 0.2) is 23.1 Å². The van der Waals surface area contributed by atoms with Gasteiger partial charge in [0.05, 0.1) is 9.82 Å². The molecule has 0 bridgehead atoms. The Balaban J connectivity index is 3.04. The number of hydrogen-bond acceptors (Lipinski definition) is 7. The van der Waals surface area contributed by atoms with E-state index in [0.29, 0.717) is 0 Å². The maximum absolute atomic E-state index is 12.0. The van der Waals surface area contributed by atoms with Crippen molar-refractivity contribution in [2.45, 2.75) is 17.1 Å². The van der Waals surface area contributed by atoms with E-state index in [1.165, 1.54) is 17.8 Å². The summed E-state index contributed by atoms with van der Waals surface area (Å²) in [5.41, 5.74) is 1.78. The summed E-state index contributed by atoms with van der Waals surface area (Å²) >= 11 is 1.53. The molecule has 20 heavy (non-hydrogen) atoms. The quantitative estimate of drug-likeness (QED) is 0.387. The van der Waals surface area contributed by atoms with Gasteiger partial charge in [0.2, 0.25) is 10.0 Å². The van der Waals surface area contributed by atoms with Crippen LogP contribution in [0.5, 0.6) is 0 Å². The van der Waals surface area contributed by atoms with Crippen LogP contribution in [0.4, 0.5) is 11.4 Å². The largest absolute Gasteiger partial charge is 0.318 e. The summed E-state index contributed by atoms with van der Waals surface area (Å²) < 4.78 is 26.5. The molecule has 1 aromatic rings. The highest BCUT2D eigenvalue weighted by Gasteiger charge is 2.20. The van der Waals surface area contributed by atoms with Gasteiger partial charge in [0, 0.05) is 17.9 Å². The lowest BCUT2D eigenvalue weighted by atomic mass is 10.3. The number of rotatable bonds is 7. The Kier molecular flexibility index (Phi) is 5.74. The first kappa shape index (κ1) is 16.7. The van der Waals surface area contributed by atoms with Gasteiger partial charge in [0.25, 0.3) is 5.69 Å². The van der Waals surface area contributed by atoms with Crippen LogP contribution in [0.3, 0.4) is 0 Å². The maximum atomic E-state index is 12.0. The summed E-state index contributed by atoms with van der Waals surface area (Å²) in [6, 6.07) is 3.40. The van der Waals surface area contributed by atoms with Crippen molar-refractivity contribution in [3.63, 3.8) is 0 Å². The molecule has 0 aliphatic rings. The molecular formula is C10H16N4O4S2. The van der Waals surface area contributed by atoms with Crippen LogP contribution >= 0.6 is 11.8 Å². The molecule has 0 amide bonds. The average molecular weight is 320 g/mol. The first-order valence-corrected chi connectivity index (χ1v) is 8.36. The summed E-state index contributed by atoms with van der Waals surface area (Å²) in [6.45, 7) is 2.15. The molecule has 112 valence electrons. The zero-order valence-corrected chi connectivity index (χ0v) is 12.6. The van der Waals surface area contributed by atoms with Crippen LogP contribution in [-0.4, -0.2) is 31.4 Å². The van der Waals surface area contributed by atoms with E-state index in [1.807, 2.05) is 13.2 Å². The molecular weight excluding hydrogens is 304 g/mol. The smallest absolute Gasteiger partial charge is 0.293 e. The fraction of sp³-hybridized carbons (Fsp3) is 0.400. The van der Waals surface area contributed by atoms with Crippen molar-refractivity contribution in [1.29, 1.82) is 0 Å². The van der Waals surface area contributed by atoms with E-state index in [-0.39, 0.29) is 28.1 Å². The van der Waals surface area contributed by atoms with E-state index >= 15 is 0 Å². The van der Waals surface area contributed by atoms with E-state index in [4.69, 9.17) is 5.84 Å². The third-order valence-electron chi connectivity index (χ3n) is 2.59. The number of thioether (sulfide) groups is 1. The molecule has 1 aromatic carbocycles. The minimum absolute atomic E-state index is 0.0595. The van der Waals surface area contributed by atoms with E-state index in [1.54, 1.807) is 0 Å². The number of nitrogens with two attached hydrogens (primary N) is 1. The van der Waals surface area contributed by atoms with Gasteiger partial charge in [0.1, 0.15) is 5.69 Å². The summed E-state index contributed by atoms with van der Waals surface area (Å²) in [5.74, 6) is 5.17. The molecule has 4 N–H and O–H groups in total. The van der Waals surface area contributed by atoms with Crippen molar-refractivity contribution in [2.75, 3.05) is 18.2 Å². The molecule has 0 radical (unpaired) electrons. The van der Waals surface area contributed by atoms with E-state index < -0.39 is 14.9 Å². The molecule has 0 saturated heterocycles. The molecule has 0 aliphatic heterocycles. The summed E-state index contributed by atoms with van der Waals surface area (Å²) in [6.07, 6.45) is 1.88. The Morgan fingerprint density at radius 3 is 2.65 bits per heavy atom. The van der Waals surface area contributed by atoms with Crippen molar-refractivity contribution < 1.29 is 13.3 Å². The van der Waals surface area contributed by atoms with Gasteiger partial charge in [-0.25, -0.2) is 13.1 Å². The van der Waals surface area contributed by atoms with Crippen LogP contribution in [0.1, 0.15) is 6.92 Å². The topological polar surface area (TPSA) is 127 Å². The molecule has 8 nitrogen and oxygen atoms in total. The van der Waals surface area contributed by atoms with Gasteiger partial charge in [-0.1, -0.05) is 6.92 Å². The van der Waals surface area contributed by atoms with E-state index in [9.17, 15) is 18.5 Å². The molecule has 0 aliphatic carbocycles. The van der Waals surface area contributed by atoms with Gasteiger partial charge in [-0.2, -0.15) is 11.8 Å². The molecule has 0 spiro atoms. The number of nitrogens with one attached hydrogen (secondary N) is 2. The van der Waals surface area contributed by atoms with Gasteiger partial charge in [-0.3, -0.25) is 16.0 Å². The van der Waals surface area contributed by atoms with Crippen LogP contribution in [-0.2, 0) is 10.0 Å².